The molecule has 0 radical (unpaired) electrons. The third-order valence-electron chi connectivity index (χ3n) is 5.91. The van der Waals surface area contributed by atoms with Crippen molar-refractivity contribution in [2.24, 2.45) is 0 Å². The van der Waals surface area contributed by atoms with E-state index in [1.807, 2.05) is 58.9 Å². The highest BCUT2D eigenvalue weighted by Crippen LogP contribution is 2.40. The molecule has 0 saturated carbocycles. The molecule has 0 unspecified atom stereocenters. The van der Waals surface area contributed by atoms with Crippen LogP contribution in [0.5, 0.6) is 5.75 Å². The van der Waals surface area contributed by atoms with E-state index in [0.29, 0.717) is 17.9 Å². The van der Waals surface area contributed by atoms with Gasteiger partial charge < -0.3 is 14.5 Å². The minimum absolute atomic E-state index is 0.211. The topological polar surface area (TPSA) is 51.5 Å². The zero-order valence-electron chi connectivity index (χ0n) is 20.1. The van der Waals surface area contributed by atoms with Crippen LogP contribution in [0.25, 0.3) is 27.7 Å². The Kier molecular flexibility index (Phi) is 6.55. The van der Waals surface area contributed by atoms with E-state index >= 15 is 0 Å². The third-order valence-corrected chi connectivity index (χ3v) is 5.91. The number of carbonyl (C=O) groups excluding carboxylic acids is 1. The van der Waals surface area contributed by atoms with Gasteiger partial charge in [0.25, 0.3) is 0 Å². The number of fused-ring (bicyclic) bond motifs is 1. The van der Waals surface area contributed by atoms with Crippen LogP contribution < -0.4 is 10.1 Å². The molecular weight excluding hydrogens is 429 g/mol. The summed E-state index contributed by atoms with van der Waals surface area (Å²) in [4.78, 5) is 12.9. The Bertz CT molecular complexity index is 1400. The molecule has 0 aliphatic rings. The molecule has 1 N–H and O–H groups in total. The summed E-state index contributed by atoms with van der Waals surface area (Å²) >= 11 is 0. The first-order chi connectivity index (χ1) is 16.3. The monoisotopic (exact) mass is 457 g/mol. The number of nitrogens with one attached hydrogen (secondary N) is 1. The van der Waals surface area contributed by atoms with Crippen molar-refractivity contribution < 1.29 is 18.3 Å². The highest BCUT2D eigenvalue weighted by Gasteiger charge is 2.19. The fourth-order valence-electron chi connectivity index (χ4n) is 4.11. The van der Waals surface area contributed by atoms with Crippen LogP contribution in [0.2, 0.25) is 0 Å². The van der Waals surface area contributed by atoms with Crippen molar-refractivity contribution in [2.75, 3.05) is 11.9 Å². The van der Waals surface area contributed by atoms with Crippen LogP contribution in [0.1, 0.15) is 36.1 Å². The van der Waals surface area contributed by atoms with Gasteiger partial charge in [-0.25, -0.2) is 4.39 Å². The van der Waals surface area contributed by atoms with Crippen LogP contribution in [0.15, 0.2) is 65.3 Å². The predicted octanol–water partition coefficient (Wildman–Crippen LogP) is 7.60. The molecule has 174 valence electrons. The zero-order chi connectivity index (χ0) is 24.4. The van der Waals surface area contributed by atoms with Crippen molar-refractivity contribution in [2.45, 2.75) is 34.6 Å². The normalized spacial score (nSPS) is 11.6. The van der Waals surface area contributed by atoms with Crippen LogP contribution in [0.3, 0.4) is 0 Å². The van der Waals surface area contributed by atoms with Crippen molar-refractivity contribution in [1.82, 2.24) is 0 Å². The number of allylic oxidation sites excluding steroid dienone is 1. The molecule has 3 aromatic carbocycles. The summed E-state index contributed by atoms with van der Waals surface area (Å²) in [6.45, 7) is 10.2. The maximum atomic E-state index is 13.5. The van der Waals surface area contributed by atoms with Crippen LogP contribution in [-0.2, 0) is 4.79 Å². The largest absolute Gasteiger partial charge is 0.493 e. The summed E-state index contributed by atoms with van der Waals surface area (Å²) in [6, 6.07) is 14.3. The van der Waals surface area contributed by atoms with Gasteiger partial charge >= 0.3 is 0 Å². The molecule has 0 aliphatic carbocycles. The van der Waals surface area contributed by atoms with Crippen molar-refractivity contribution >= 4 is 28.1 Å². The first-order valence-corrected chi connectivity index (χ1v) is 11.3. The smallest absolute Gasteiger partial charge is 0.248 e. The Labute approximate surface area is 199 Å². The number of rotatable bonds is 6. The average molecular weight is 458 g/mol. The number of ether oxygens (including phenoxy) is 1. The van der Waals surface area contributed by atoms with E-state index in [-0.39, 0.29) is 11.7 Å². The van der Waals surface area contributed by atoms with Gasteiger partial charge in [-0.3, -0.25) is 4.79 Å². The van der Waals surface area contributed by atoms with Gasteiger partial charge in [-0.1, -0.05) is 24.3 Å². The highest BCUT2D eigenvalue weighted by atomic mass is 19.1. The third kappa shape index (κ3) is 4.60. The quantitative estimate of drug-likeness (QED) is 0.303. The van der Waals surface area contributed by atoms with Gasteiger partial charge in [0.1, 0.15) is 17.1 Å². The lowest BCUT2D eigenvalue weighted by molar-refractivity contribution is -0.111. The molecule has 4 rings (SSSR count). The first-order valence-electron chi connectivity index (χ1n) is 11.3. The minimum atomic E-state index is -0.291. The number of carbonyl (C=O) groups is 1. The minimum Gasteiger partial charge on any atom is -0.493 e. The van der Waals surface area contributed by atoms with E-state index in [0.717, 1.165) is 50.0 Å². The second-order valence-electron chi connectivity index (χ2n) is 8.48. The molecule has 0 saturated heterocycles. The van der Waals surface area contributed by atoms with E-state index < -0.39 is 0 Å². The van der Waals surface area contributed by atoms with Gasteiger partial charge in [0.15, 0.2) is 0 Å². The molecule has 0 fully saturated rings. The SMILES string of the molecule is CCOc1c(/C(C)=C/C(=O)Nc2cc(C)ccc2C)cc2c(-c3ccc(F)cc3)coc2c1C. The van der Waals surface area contributed by atoms with Crippen LogP contribution in [0, 0.1) is 26.6 Å². The number of hydrogen-bond acceptors (Lipinski definition) is 3. The number of hydrogen-bond donors (Lipinski definition) is 1. The number of anilines is 1. The van der Waals surface area contributed by atoms with E-state index in [2.05, 4.69) is 5.32 Å². The lowest BCUT2D eigenvalue weighted by Crippen LogP contribution is -2.10. The Morgan fingerprint density at radius 1 is 1.09 bits per heavy atom. The van der Waals surface area contributed by atoms with Crippen LogP contribution in [-0.4, -0.2) is 12.5 Å². The lowest BCUT2D eigenvalue weighted by atomic mass is 9.96. The summed E-state index contributed by atoms with van der Waals surface area (Å²) in [5.41, 5.74) is 7.71. The van der Waals surface area contributed by atoms with E-state index in [1.54, 1.807) is 24.5 Å². The number of aryl methyl sites for hydroxylation is 3. The summed E-state index contributed by atoms with van der Waals surface area (Å²) in [5.74, 6) is 0.182. The molecule has 0 atom stereocenters. The molecule has 0 bridgehead atoms. The molecule has 4 aromatic rings. The summed E-state index contributed by atoms with van der Waals surface area (Å²) in [5, 5.41) is 3.86. The number of furan rings is 1. The van der Waals surface area contributed by atoms with E-state index in [9.17, 15) is 9.18 Å². The molecule has 0 spiro atoms. The van der Waals surface area contributed by atoms with Crippen molar-refractivity contribution in [3.8, 4) is 16.9 Å². The van der Waals surface area contributed by atoms with E-state index in [1.165, 1.54) is 12.1 Å². The first kappa shape index (κ1) is 23.3. The summed E-state index contributed by atoms with van der Waals surface area (Å²) in [7, 11) is 0. The molecule has 34 heavy (non-hydrogen) atoms. The Balaban J connectivity index is 1.78. The summed E-state index contributed by atoms with van der Waals surface area (Å²) in [6.07, 6.45) is 3.26. The van der Waals surface area contributed by atoms with Crippen molar-refractivity contribution in [3.63, 3.8) is 0 Å². The fourth-order valence-corrected chi connectivity index (χ4v) is 4.11. The van der Waals surface area contributed by atoms with E-state index in [4.69, 9.17) is 9.15 Å². The molecule has 0 aliphatic heterocycles. The fraction of sp³-hybridized carbons (Fsp3) is 0.207. The maximum absolute atomic E-state index is 13.5. The van der Waals surface area contributed by atoms with Gasteiger partial charge in [0, 0.05) is 33.8 Å². The summed E-state index contributed by atoms with van der Waals surface area (Å²) < 4.78 is 25.3. The van der Waals surface area contributed by atoms with Gasteiger partial charge in [-0.05, 0) is 81.1 Å². The molecule has 4 nitrogen and oxygen atoms in total. The Hall–Kier alpha value is -3.86. The zero-order valence-corrected chi connectivity index (χ0v) is 20.1. The maximum Gasteiger partial charge on any atom is 0.248 e. The van der Waals surface area contributed by atoms with Crippen molar-refractivity contribution in [1.29, 1.82) is 0 Å². The molecule has 1 amide bonds. The van der Waals surface area contributed by atoms with Crippen LogP contribution in [0.4, 0.5) is 10.1 Å². The lowest BCUT2D eigenvalue weighted by Gasteiger charge is -2.15. The number of amides is 1. The second-order valence-corrected chi connectivity index (χ2v) is 8.48. The van der Waals surface area contributed by atoms with Gasteiger partial charge in [0.2, 0.25) is 5.91 Å². The predicted molar refractivity (Wildman–Crippen MR) is 136 cm³/mol. The Morgan fingerprint density at radius 3 is 2.53 bits per heavy atom. The molecule has 1 aromatic heterocycles. The standard InChI is InChI=1S/C29H28FNO3/c1-6-33-28-20(5)29-24(25(16-34-29)21-9-11-22(30)12-10-21)15-23(28)19(4)14-27(32)31-26-13-17(2)7-8-18(26)3/h7-16H,6H2,1-5H3,(H,31,32)/b19-14+. The molecule has 1 heterocycles. The number of benzene rings is 3. The average Bonchev–Trinajstić information content (AvgIpc) is 3.23. The van der Waals surface area contributed by atoms with Gasteiger partial charge in [0.05, 0.1) is 12.9 Å². The Morgan fingerprint density at radius 2 is 1.82 bits per heavy atom. The van der Waals surface area contributed by atoms with Gasteiger partial charge in [-0.15, -0.1) is 0 Å². The number of halogens is 1. The van der Waals surface area contributed by atoms with Crippen LogP contribution >= 0.6 is 0 Å². The highest BCUT2D eigenvalue weighted by molar-refractivity contribution is 6.06. The molecular formula is C29H28FNO3. The van der Waals surface area contributed by atoms with Gasteiger partial charge in [-0.2, -0.15) is 0 Å². The second kappa shape index (κ2) is 9.56. The van der Waals surface area contributed by atoms with Crippen molar-refractivity contribution in [3.05, 3.63) is 88.9 Å². The molecule has 5 heteroatoms.